The fourth-order valence-corrected chi connectivity index (χ4v) is 4.06. The SMILES string of the molecule is C=CCn1c(SCc2cc(=O)n3c(C)cccc3n2)nnc1-c1ccc(OC)cc1. The van der Waals surface area contributed by atoms with Crippen molar-refractivity contribution in [2.24, 2.45) is 0 Å². The molecule has 0 bridgehead atoms. The van der Waals surface area contributed by atoms with Crippen molar-refractivity contribution in [1.29, 1.82) is 0 Å². The Kier molecular flexibility index (Phi) is 5.67. The number of fused-ring (bicyclic) bond motifs is 1. The number of rotatable bonds is 7. The van der Waals surface area contributed by atoms with Crippen molar-refractivity contribution in [2.45, 2.75) is 24.4 Å². The highest BCUT2D eigenvalue weighted by atomic mass is 32.2. The predicted molar refractivity (Wildman–Crippen MR) is 118 cm³/mol. The van der Waals surface area contributed by atoms with E-state index >= 15 is 0 Å². The number of hydrogen-bond donors (Lipinski definition) is 0. The lowest BCUT2D eigenvalue weighted by Crippen LogP contribution is -2.17. The molecule has 0 N–H and O–H groups in total. The van der Waals surface area contributed by atoms with E-state index in [4.69, 9.17) is 4.74 Å². The number of allylic oxidation sites excluding steroid dienone is 1. The maximum absolute atomic E-state index is 12.5. The van der Waals surface area contributed by atoms with Crippen molar-refractivity contribution in [3.8, 4) is 17.1 Å². The molecule has 0 aliphatic rings. The molecule has 152 valence electrons. The highest BCUT2D eigenvalue weighted by Gasteiger charge is 2.14. The summed E-state index contributed by atoms with van der Waals surface area (Å²) in [6, 6.07) is 14.9. The zero-order valence-corrected chi connectivity index (χ0v) is 17.6. The van der Waals surface area contributed by atoms with Gasteiger partial charge in [-0.05, 0) is 43.3 Å². The van der Waals surface area contributed by atoms with Crippen LogP contribution in [0.2, 0.25) is 0 Å². The molecule has 30 heavy (non-hydrogen) atoms. The number of thioether (sulfide) groups is 1. The Morgan fingerprint density at radius 1 is 1.17 bits per heavy atom. The van der Waals surface area contributed by atoms with Gasteiger partial charge in [-0.3, -0.25) is 13.8 Å². The van der Waals surface area contributed by atoms with Crippen molar-refractivity contribution < 1.29 is 4.74 Å². The summed E-state index contributed by atoms with van der Waals surface area (Å²) in [6.45, 7) is 6.31. The third-order valence-corrected chi connectivity index (χ3v) is 5.66. The predicted octanol–water partition coefficient (Wildman–Crippen LogP) is 3.75. The molecule has 0 saturated carbocycles. The third-order valence-electron chi connectivity index (χ3n) is 4.66. The van der Waals surface area contributed by atoms with Crippen LogP contribution in [0.5, 0.6) is 5.75 Å². The summed E-state index contributed by atoms with van der Waals surface area (Å²) in [6.07, 6.45) is 1.81. The molecule has 8 heteroatoms. The highest BCUT2D eigenvalue weighted by Crippen LogP contribution is 2.27. The Balaban J connectivity index is 1.62. The minimum Gasteiger partial charge on any atom is -0.497 e. The summed E-state index contributed by atoms with van der Waals surface area (Å²) in [5.41, 5.74) is 3.06. The molecule has 0 radical (unpaired) electrons. The third kappa shape index (κ3) is 3.86. The standard InChI is InChI=1S/C22H21N5O2S/c1-4-12-26-21(16-8-10-18(29-3)11-9-16)24-25-22(26)30-14-17-13-20(28)27-15(2)6-5-7-19(27)23-17/h4-11,13H,1,12,14H2,2-3H3. The Morgan fingerprint density at radius 3 is 2.70 bits per heavy atom. The molecule has 0 unspecified atom stereocenters. The van der Waals surface area contributed by atoms with E-state index in [2.05, 4.69) is 21.8 Å². The molecule has 0 spiro atoms. The van der Waals surface area contributed by atoms with Crippen LogP contribution in [0.3, 0.4) is 0 Å². The van der Waals surface area contributed by atoms with Gasteiger partial charge in [0.1, 0.15) is 11.4 Å². The van der Waals surface area contributed by atoms with Crippen LogP contribution in [0.25, 0.3) is 17.0 Å². The molecule has 0 saturated heterocycles. The first kappa shape index (κ1) is 19.9. The molecule has 3 heterocycles. The first-order valence-corrected chi connectivity index (χ1v) is 10.4. The van der Waals surface area contributed by atoms with E-state index < -0.39 is 0 Å². The Bertz CT molecular complexity index is 1260. The minimum atomic E-state index is -0.0832. The maximum atomic E-state index is 12.5. The normalized spacial score (nSPS) is 11.0. The molecule has 1 aromatic carbocycles. The van der Waals surface area contributed by atoms with Crippen molar-refractivity contribution in [3.05, 3.63) is 82.9 Å². The zero-order valence-electron chi connectivity index (χ0n) is 16.8. The van der Waals surface area contributed by atoms with Gasteiger partial charge in [0.15, 0.2) is 11.0 Å². The molecule has 3 aromatic heterocycles. The number of benzene rings is 1. The smallest absolute Gasteiger partial charge is 0.258 e. The van der Waals surface area contributed by atoms with E-state index in [-0.39, 0.29) is 5.56 Å². The molecular formula is C22H21N5O2S. The molecule has 0 aliphatic carbocycles. The van der Waals surface area contributed by atoms with Gasteiger partial charge in [-0.15, -0.1) is 16.8 Å². The Labute approximate surface area is 178 Å². The van der Waals surface area contributed by atoms with Crippen molar-refractivity contribution in [2.75, 3.05) is 7.11 Å². The molecule has 0 atom stereocenters. The average Bonchev–Trinajstić information content (AvgIpc) is 3.15. The van der Waals surface area contributed by atoms with Gasteiger partial charge in [0, 0.05) is 29.6 Å². The van der Waals surface area contributed by atoms with Gasteiger partial charge in [-0.2, -0.15) is 0 Å². The van der Waals surface area contributed by atoms with Gasteiger partial charge in [0.25, 0.3) is 5.56 Å². The van der Waals surface area contributed by atoms with E-state index in [0.29, 0.717) is 23.6 Å². The largest absolute Gasteiger partial charge is 0.497 e. The van der Waals surface area contributed by atoms with E-state index in [1.807, 2.05) is 60.0 Å². The second kappa shape index (κ2) is 8.54. The number of pyridine rings is 1. The monoisotopic (exact) mass is 419 g/mol. The number of aromatic nitrogens is 5. The van der Waals surface area contributed by atoms with E-state index in [1.165, 1.54) is 11.8 Å². The molecule has 0 fully saturated rings. The van der Waals surface area contributed by atoms with Gasteiger partial charge in [-0.1, -0.05) is 23.9 Å². The molecule has 7 nitrogen and oxygen atoms in total. The highest BCUT2D eigenvalue weighted by molar-refractivity contribution is 7.98. The van der Waals surface area contributed by atoms with Crippen LogP contribution >= 0.6 is 11.8 Å². The number of hydrogen-bond acceptors (Lipinski definition) is 6. The van der Waals surface area contributed by atoms with Crippen LogP contribution in [0.1, 0.15) is 11.4 Å². The van der Waals surface area contributed by atoms with Gasteiger partial charge in [0.05, 0.1) is 12.8 Å². The van der Waals surface area contributed by atoms with Crippen molar-refractivity contribution in [1.82, 2.24) is 24.1 Å². The Hall–Kier alpha value is -3.39. The molecule has 0 amide bonds. The van der Waals surface area contributed by atoms with Crippen molar-refractivity contribution in [3.63, 3.8) is 0 Å². The summed E-state index contributed by atoms with van der Waals surface area (Å²) in [5.74, 6) is 2.05. The summed E-state index contributed by atoms with van der Waals surface area (Å²) >= 11 is 1.49. The van der Waals surface area contributed by atoms with Crippen molar-refractivity contribution >= 4 is 17.4 Å². The first-order valence-electron chi connectivity index (χ1n) is 9.40. The number of methoxy groups -OCH3 is 1. The topological polar surface area (TPSA) is 74.3 Å². The maximum Gasteiger partial charge on any atom is 0.258 e. The van der Waals surface area contributed by atoms with E-state index in [1.54, 1.807) is 17.6 Å². The lowest BCUT2D eigenvalue weighted by molar-refractivity contribution is 0.415. The van der Waals surface area contributed by atoms with Gasteiger partial charge < -0.3 is 4.74 Å². The first-order chi connectivity index (χ1) is 14.6. The quantitative estimate of drug-likeness (QED) is 0.336. The molecule has 4 aromatic rings. The van der Waals surface area contributed by atoms with Crippen LogP contribution in [-0.2, 0) is 12.3 Å². The van der Waals surface area contributed by atoms with Gasteiger partial charge in [0.2, 0.25) is 0 Å². The van der Waals surface area contributed by atoms with Crippen LogP contribution in [-0.4, -0.2) is 31.3 Å². The van der Waals surface area contributed by atoms with Crippen LogP contribution < -0.4 is 10.3 Å². The van der Waals surface area contributed by atoms with Gasteiger partial charge >= 0.3 is 0 Å². The minimum absolute atomic E-state index is 0.0832. The summed E-state index contributed by atoms with van der Waals surface area (Å²) < 4.78 is 8.83. The number of aryl methyl sites for hydroxylation is 1. The summed E-state index contributed by atoms with van der Waals surface area (Å²) in [7, 11) is 1.64. The molecule has 0 aliphatic heterocycles. The second-order valence-corrected chi connectivity index (χ2v) is 7.61. The fourth-order valence-electron chi connectivity index (χ4n) is 3.22. The molecule has 4 rings (SSSR count). The van der Waals surface area contributed by atoms with Gasteiger partial charge in [-0.25, -0.2) is 4.98 Å². The second-order valence-electron chi connectivity index (χ2n) is 6.67. The lowest BCUT2D eigenvalue weighted by Gasteiger charge is -2.09. The summed E-state index contributed by atoms with van der Waals surface area (Å²) in [5, 5.41) is 9.47. The fraction of sp³-hybridized carbons (Fsp3) is 0.182. The zero-order chi connectivity index (χ0) is 21.1. The van der Waals surface area contributed by atoms with Crippen LogP contribution in [0.15, 0.2) is 71.1 Å². The van der Waals surface area contributed by atoms with Crippen LogP contribution in [0, 0.1) is 6.92 Å². The molecular weight excluding hydrogens is 398 g/mol. The van der Waals surface area contributed by atoms with E-state index in [0.717, 1.165) is 28.0 Å². The Morgan fingerprint density at radius 2 is 1.97 bits per heavy atom. The van der Waals surface area contributed by atoms with Crippen LogP contribution in [0.4, 0.5) is 0 Å². The average molecular weight is 420 g/mol. The lowest BCUT2D eigenvalue weighted by atomic mass is 10.2. The van der Waals surface area contributed by atoms with E-state index in [9.17, 15) is 4.79 Å². The number of nitrogens with zero attached hydrogens (tertiary/aromatic N) is 5. The summed E-state index contributed by atoms with van der Waals surface area (Å²) in [4.78, 5) is 17.1. The number of ether oxygens (including phenoxy) is 1.